The Morgan fingerprint density at radius 1 is 0.931 bits per heavy atom. The first-order valence-electron chi connectivity index (χ1n) is 9.68. The molecule has 0 N–H and O–H groups in total. The molecular weight excluding hydrogens is 425 g/mol. The topological polar surface area (TPSA) is 19.4 Å². The number of hydrogen-bond donors (Lipinski definition) is 0. The van der Waals surface area contributed by atoms with Gasteiger partial charge < -0.3 is 4.90 Å². The van der Waals surface area contributed by atoms with E-state index >= 15 is 0 Å². The van der Waals surface area contributed by atoms with Crippen molar-refractivity contribution in [1.29, 1.82) is 0 Å². The molecule has 150 valence electrons. The molecular formula is C23H22Cl3N3. The lowest BCUT2D eigenvalue weighted by atomic mass is 10.0. The Kier molecular flexibility index (Phi) is 6.61. The predicted molar refractivity (Wildman–Crippen MR) is 122 cm³/mol. The fraction of sp³-hybridized carbons (Fsp3) is 0.261. The van der Waals surface area contributed by atoms with Crippen LogP contribution in [0, 0.1) is 0 Å². The summed E-state index contributed by atoms with van der Waals surface area (Å²) in [5.74, 6) is 0. The predicted octanol–water partition coefficient (Wildman–Crippen LogP) is 6.15. The van der Waals surface area contributed by atoms with Gasteiger partial charge in [-0.05, 0) is 53.9 Å². The van der Waals surface area contributed by atoms with Gasteiger partial charge in [-0.1, -0.05) is 53.0 Å². The van der Waals surface area contributed by atoms with Crippen LogP contribution in [0.15, 0.2) is 67.0 Å². The van der Waals surface area contributed by atoms with Crippen molar-refractivity contribution < 1.29 is 0 Å². The minimum atomic E-state index is 0.189. The third-order valence-corrected chi connectivity index (χ3v) is 6.17. The van der Waals surface area contributed by atoms with Crippen LogP contribution in [0.3, 0.4) is 0 Å². The Labute approximate surface area is 186 Å². The van der Waals surface area contributed by atoms with Crippen LogP contribution in [-0.4, -0.2) is 36.1 Å². The van der Waals surface area contributed by atoms with Crippen LogP contribution in [0.5, 0.6) is 0 Å². The van der Waals surface area contributed by atoms with Crippen molar-refractivity contribution in [2.75, 3.05) is 31.1 Å². The van der Waals surface area contributed by atoms with Gasteiger partial charge in [0, 0.05) is 48.6 Å². The molecule has 0 bridgehead atoms. The number of pyridine rings is 1. The molecule has 29 heavy (non-hydrogen) atoms. The lowest BCUT2D eigenvalue weighted by Gasteiger charge is -2.43. The fourth-order valence-corrected chi connectivity index (χ4v) is 4.49. The summed E-state index contributed by atoms with van der Waals surface area (Å²) in [6, 6.07) is 18.2. The second kappa shape index (κ2) is 9.36. The molecule has 3 aromatic rings. The van der Waals surface area contributed by atoms with Crippen LogP contribution in [0.2, 0.25) is 15.1 Å². The van der Waals surface area contributed by atoms with Gasteiger partial charge in [0.2, 0.25) is 0 Å². The van der Waals surface area contributed by atoms with Crippen LogP contribution in [0.1, 0.15) is 17.2 Å². The van der Waals surface area contributed by atoms with Crippen molar-refractivity contribution in [1.82, 2.24) is 9.88 Å². The van der Waals surface area contributed by atoms with Gasteiger partial charge in [0.25, 0.3) is 0 Å². The minimum Gasteiger partial charge on any atom is -0.361 e. The molecule has 1 aromatic heterocycles. The summed E-state index contributed by atoms with van der Waals surface area (Å²) >= 11 is 18.8. The lowest BCUT2D eigenvalue weighted by molar-refractivity contribution is 0.226. The van der Waals surface area contributed by atoms with Crippen molar-refractivity contribution in [3.8, 4) is 0 Å². The van der Waals surface area contributed by atoms with Crippen molar-refractivity contribution in [2.45, 2.75) is 12.5 Å². The molecule has 4 rings (SSSR count). The van der Waals surface area contributed by atoms with Gasteiger partial charge in [0.1, 0.15) is 0 Å². The molecule has 0 spiro atoms. The summed E-state index contributed by atoms with van der Waals surface area (Å²) in [7, 11) is 0. The van der Waals surface area contributed by atoms with E-state index in [0.717, 1.165) is 43.3 Å². The highest BCUT2D eigenvalue weighted by Crippen LogP contribution is 2.36. The van der Waals surface area contributed by atoms with E-state index < -0.39 is 0 Å². The van der Waals surface area contributed by atoms with Crippen molar-refractivity contribution in [3.05, 3.63) is 93.2 Å². The molecule has 1 aliphatic rings. The molecule has 0 radical (unpaired) electrons. The zero-order valence-electron chi connectivity index (χ0n) is 15.9. The van der Waals surface area contributed by atoms with E-state index in [1.54, 1.807) is 0 Å². The van der Waals surface area contributed by atoms with Crippen molar-refractivity contribution in [2.24, 2.45) is 0 Å². The second-order valence-corrected chi connectivity index (χ2v) is 8.55. The first-order valence-corrected chi connectivity index (χ1v) is 10.8. The molecule has 0 saturated carbocycles. The van der Waals surface area contributed by atoms with Crippen LogP contribution in [0.25, 0.3) is 0 Å². The third-order valence-electron chi connectivity index (χ3n) is 5.38. The minimum absolute atomic E-state index is 0.189. The molecule has 3 nitrogen and oxygen atoms in total. The van der Waals surface area contributed by atoms with Gasteiger partial charge in [-0.3, -0.25) is 9.88 Å². The number of anilines is 1. The number of piperazine rings is 1. The van der Waals surface area contributed by atoms with Gasteiger partial charge in [0.15, 0.2) is 0 Å². The highest BCUT2D eigenvalue weighted by atomic mass is 35.5. The van der Waals surface area contributed by atoms with E-state index in [1.165, 1.54) is 11.1 Å². The standard InChI is InChI=1S/C23H22Cl3N3/c24-19-5-3-18(4-6-19)23-16-28(11-9-17-2-1-10-27-15-17)12-13-29(23)22-8-7-20(25)14-21(22)26/h1-8,10,14-15,23H,9,11-13,16H2/t23-/m0/s1. The molecule has 0 aliphatic carbocycles. The van der Waals surface area contributed by atoms with E-state index in [4.69, 9.17) is 34.8 Å². The first kappa shape index (κ1) is 20.5. The molecule has 1 saturated heterocycles. The van der Waals surface area contributed by atoms with Gasteiger partial charge in [-0.15, -0.1) is 0 Å². The van der Waals surface area contributed by atoms with E-state index in [1.807, 2.05) is 48.8 Å². The molecule has 2 heterocycles. The van der Waals surface area contributed by atoms with Gasteiger partial charge in [-0.25, -0.2) is 0 Å². The fourth-order valence-electron chi connectivity index (χ4n) is 3.85. The Bertz CT molecular complexity index is 947. The number of aromatic nitrogens is 1. The molecule has 1 aliphatic heterocycles. The lowest BCUT2D eigenvalue weighted by Crippen LogP contribution is -2.49. The maximum Gasteiger partial charge on any atom is 0.0670 e. The van der Waals surface area contributed by atoms with E-state index in [0.29, 0.717) is 10.0 Å². The third kappa shape index (κ3) is 5.04. The Morgan fingerprint density at radius 3 is 2.45 bits per heavy atom. The summed E-state index contributed by atoms with van der Waals surface area (Å²) in [5, 5.41) is 2.08. The van der Waals surface area contributed by atoms with Gasteiger partial charge in [0.05, 0.1) is 16.8 Å². The summed E-state index contributed by atoms with van der Waals surface area (Å²) in [5.41, 5.74) is 3.51. The van der Waals surface area contributed by atoms with Crippen LogP contribution >= 0.6 is 34.8 Å². The van der Waals surface area contributed by atoms with Crippen molar-refractivity contribution in [3.63, 3.8) is 0 Å². The van der Waals surface area contributed by atoms with Crippen LogP contribution in [0.4, 0.5) is 5.69 Å². The second-order valence-electron chi connectivity index (χ2n) is 7.27. The normalized spacial score (nSPS) is 17.5. The zero-order valence-corrected chi connectivity index (χ0v) is 18.2. The first-order chi connectivity index (χ1) is 14.1. The maximum atomic E-state index is 6.55. The summed E-state index contributed by atoms with van der Waals surface area (Å²) in [6.45, 7) is 3.78. The molecule has 0 amide bonds. The highest BCUT2D eigenvalue weighted by molar-refractivity contribution is 6.36. The molecule has 1 atom stereocenters. The monoisotopic (exact) mass is 445 g/mol. The molecule has 6 heteroatoms. The van der Waals surface area contributed by atoms with Gasteiger partial charge in [-0.2, -0.15) is 0 Å². The molecule has 0 unspecified atom stereocenters. The van der Waals surface area contributed by atoms with Crippen LogP contribution < -0.4 is 4.90 Å². The zero-order chi connectivity index (χ0) is 20.2. The Balaban J connectivity index is 1.56. The van der Waals surface area contributed by atoms with E-state index in [9.17, 15) is 0 Å². The van der Waals surface area contributed by atoms with Crippen molar-refractivity contribution >= 4 is 40.5 Å². The van der Waals surface area contributed by atoms with E-state index in [-0.39, 0.29) is 6.04 Å². The van der Waals surface area contributed by atoms with Crippen LogP contribution in [-0.2, 0) is 6.42 Å². The maximum absolute atomic E-state index is 6.55. The number of hydrogen-bond acceptors (Lipinski definition) is 3. The summed E-state index contributed by atoms with van der Waals surface area (Å²) in [4.78, 5) is 9.11. The molecule has 1 fully saturated rings. The Morgan fingerprint density at radius 2 is 1.72 bits per heavy atom. The number of halogens is 3. The SMILES string of the molecule is Clc1ccc([C@@H]2CN(CCc3cccnc3)CCN2c2ccc(Cl)cc2Cl)cc1. The van der Waals surface area contributed by atoms with E-state index in [2.05, 4.69) is 33.0 Å². The van der Waals surface area contributed by atoms with Gasteiger partial charge >= 0.3 is 0 Å². The summed E-state index contributed by atoms with van der Waals surface area (Å²) in [6.07, 6.45) is 4.75. The highest BCUT2D eigenvalue weighted by Gasteiger charge is 2.29. The Hall–Kier alpha value is -1.78. The largest absolute Gasteiger partial charge is 0.361 e. The number of rotatable bonds is 5. The average Bonchev–Trinajstić information content (AvgIpc) is 2.74. The quantitative estimate of drug-likeness (QED) is 0.469. The average molecular weight is 447 g/mol. The number of nitrogens with zero attached hydrogens (tertiary/aromatic N) is 3. The smallest absolute Gasteiger partial charge is 0.0670 e. The molecule has 2 aromatic carbocycles. The summed E-state index contributed by atoms with van der Waals surface area (Å²) < 4.78 is 0. The number of benzene rings is 2.